The van der Waals surface area contributed by atoms with Crippen molar-refractivity contribution in [1.29, 1.82) is 0 Å². The molecule has 8 heteroatoms. The maximum absolute atomic E-state index is 12.9. The van der Waals surface area contributed by atoms with Gasteiger partial charge < -0.3 is 0 Å². The lowest BCUT2D eigenvalue weighted by Crippen LogP contribution is -2.53. The van der Waals surface area contributed by atoms with E-state index in [4.69, 9.17) is 0 Å². The first kappa shape index (κ1) is 22.4. The van der Waals surface area contributed by atoms with E-state index in [0.29, 0.717) is 26.2 Å². The van der Waals surface area contributed by atoms with E-state index in [9.17, 15) is 19.2 Å². The number of piperazine rings is 1. The minimum absolute atomic E-state index is 0.138. The normalized spacial score (nSPS) is 24.5. The molecular formula is C26H28N4O4. The average molecular weight is 461 g/mol. The number of carbonyl (C=O) groups is 4. The van der Waals surface area contributed by atoms with Crippen molar-refractivity contribution in [2.75, 3.05) is 39.5 Å². The average Bonchev–Trinajstić information content (AvgIpc) is 3.31. The first-order valence-electron chi connectivity index (χ1n) is 11.7. The van der Waals surface area contributed by atoms with E-state index in [-0.39, 0.29) is 49.8 Å². The molecule has 4 amide bonds. The number of rotatable bonds is 6. The van der Waals surface area contributed by atoms with Crippen LogP contribution in [0.25, 0.3) is 0 Å². The van der Waals surface area contributed by atoms with Gasteiger partial charge in [-0.1, -0.05) is 60.7 Å². The number of benzene rings is 2. The number of nitrogens with zero attached hydrogens (tertiary/aromatic N) is 4. The fourth-order valence-electron chi connectivity index (χ4n) is 5.03. The van der Waals surface area contributed by atoms with Gasteiger partial charge in [0.1, 0.15) is 0 Å². The summed E-state index contributed by atoms with van der Waals surface area (Å²) in [5.41, 5.74) is 1.75. The van der Waals surface area contributed by atoms with Gasteiger partial charge in [-0.3, -0.25) is 38.8 Å². The molecule has 2 unspecified atom stereocenters. The van der Waals surface area contributed by atoms with E-state index < -0.39 is 11.8 Å². The van der Waals surface area contributed by atoms with Crippen molar-refractivity contribution >= 4 is 23.6 Å². The summed E-state index contributed by atoms with van der Waals surface area (Å²) in [5.74, 6) is -1.36. The third kappa shape index (κ3) is 4.38. The van der Waals surface area contributed by atoms with Gasteiger partial charge in [0.2, 0.25) is 23.6 Å². The first-order valence-corrected chi connectivity index (χ1v) is 11.7. The van der Waals surface area contributed by atoms with Crippen molar-refractivity contribution in [1.82, 2.24) is 19.6 Å². The van der Waals surface area contributed by atoms with E-state index in [1.807, 2.05) is 60.7 Å². The summed E-state index contributed by atoms with van der Waals surface area (Å²) in [5, 5.41) is 0. The summed E-state index contributed by atoms with van der Waals surface area (Å²) in [6.45, 7) is 3.20. The summed E-state index contributed by atoms with van der Waals surface area (Å²) in [7, 11) is 0. The molecule has 0 radical (unpaired) electrons. The highest BCUT2D eigenvalue weighted by Gasteiger charge is 2.42. The predicted molar refractivity (Wildman–Crippen MR) is 124 cm³/mol. The van der Waals surface area contributed by atoms with Crippen molar-refractivity contribution in [3.63, 3.8) is 0 Å². The van der Waals surface area contributed by atoms with Crippen LogP contribution in [0.2, 0.25) is 0 Å². The minimum atomic E-state index is -0.403. The molecule has 0 N–H and O–H groups in total. The number of hydrogen-bond acceptors (Lipinski definition) is 6. The number of imide groups is 2. The smallest absolute Gasteiger partial charge is 0.238 e. The Kier molecular flexibility index (Phi) is 6.26. The molecule has 0 spiro atoms. The maximum atomic E-state index is 12.9. The van der Waals surface area contributed by atoms with Crippen LogP contribution in [-0.2, 0) is 19.2 Å². The van der Waals surface area contributed by atoms with Gasteiger partial charge in [0.15, 0.2) is 0 Å². The molecular weight excluding hydrogens is 432 g/mol. The second-order valence-electron chi connectivity index (χ2n) is 9.17. The first-order chi connectivity index (χ1) is 16.5. The van der Waals surface area contributed by atoms with Crippen LogP contribution in [0, 0.1) is 0 Å². The zero-order valence-corrected chi connectivity index (χ0v) is 19.0. The zero-order valence-electron chi connectivity index (χ0n) is 19.0. The molecule has 5 rings (SSSR count). The monoisotopic (exact) mass is 460 g/mol. The highest BCUT2D eigenvalue weighted by Crippen LogP contribution is 2.31. The molecule has 0 bridgehead atoms. The SMILES string of the molecule is O=C1CC(c2ccccc2)C(=O)N1CN1CCN(CN2C(=O)CC(c3ccccc3)C2=O)CC1. The Hall–Kier alpha value is -3.36. The minimum Gasteiger partial charge on any atom is -0.283 e. The van der Waals surface area contributed by atoms with Gasteiger partial charge in [-0.05, 0) is 11.1 Å². The molecule has 0 aliphatic carbocycles. The number of carbonyl (C=O) groups excluding carboxylic acids is 4. The fraction of sp³-hybridized carbons (Fsp3) is 0.385. The van der Waals surface area contributed by atoms with E-state index in [0.717, 1.165) is 11.1 Å². The van der Waals surface area contributed by atoms with E-state index >= 15 is 0 Å². The molecule has 0 aromatic heterocycles. The molecule has 8 nitrogen and oxygen atoms in total. The van der Waals surface area contributed by atoms with Gasteiger partial charge >= 0.3 is 0 Å². The third-order valence-electron chi connectivity index (χ3n) is 7.04. The maximum Gasteiger partial charge on any atom is 0.238 e. The quantitative estimate of drug-likeness (QED) is 0.610. The van der Waals surface area contributed by atoms with Crippen molar-refractivity contribution in [2.24, 2.45) is 0 Å². The Morgan fingerprint density at radius 2 is 0.912 bits per heavy atom. The van der Waals surface area contributed by atoms with E-state index in [2.05, 4.69) is 9.80 Å². The summed E-state index contributed by atoms with van der Waals surface area (Å²) >= 11 is 0. The van der Waals surface area contributed by atoms with Gasteiger partial charge in [-0.2, -0.15) is 0 Å². The van der Waals surface area contributed by atoms with Gasteiger partial charge in [0, 0.05) is 39.0 Å². The van der Waals surface area contributed by atoms with Crippen molar-refractivity contribution in [2.45, 2.75) is 24.7 Å². The second-order valence-corrected chi connectivity index (χ2v) is 9.17. The van der Waals surface area contributed by atoms with Crippen LogP contribution in [0.1, 0.15) is 35.8 Å². The van der Waals surface area contributed by atoms with Crippen molar-refractivity contribution in [3.05, 3.63) is 71.8 Å². The van der Waals surface area contributed by atoms with Crippen molar-refractivity contribution in [3.8, 4) is 0 Å². The zero-order chi connectivity index (χ0) is 23.7. The molecule has 2 atom stereocenters. The largest absolute Gasteiger partial charge is 0.283 e. The lowest BCUT2D eigenvalue weighted by Gasteiger charge is -2.37. The molecule has 3 aliphatic heterocycles. The standard InChI is InChI=1S/C26H28N4O4/c31-23-15-21(19-7-3-1-4-8-19)25(33)29(23)17-27-11-13-28(14-12-27)18-30-24(32)16-22(26(30)34)20-9-5-2-6-10-20/h1-10,21-22H,11-18H2. The highest BCUT2D eigenvalue weighted by atomic mass is 16.2. The summed E-state index contributed by atoms with van der Waals surface area (Å²) in [6.07, 6.45) is 0.426. The molecule has 0 saturated carbocycles. The molecule has 3 aliphatic rings. The van der Waals surface area contributed by atoms with Crippen LogP contribution >= 0.6 is 0 Å². The topological polar surface area (TPSA) is 81.2 Å². The highest BCUT2D eigenvalue weighted by molar-refractivity contribution is 6.06. The number of amides is 4. The summed E-state index contributed by atoms with van der Waals surface area (Å²) < 4.78 is 0. The Balaban J connectivity index is 1.14. The lowest BCUT2D eigenvalue weighted by atomic mass is 9.98. The summed E-state index contributed by atoms with van der Waals surface area (Å²) in [6, 6.07) is 18.9. The predicted octanol–water partition coefficient (Wildman–Crippen LogP) is 1.60. The third-order valence-corrected chi connectivity index (χ3v) is 7.04. The van der Waals surface area contributed by atoms with Crippen LogP contribution in [0.5, 0.6) is 0 Å². The second kappa shape index (κ2) is 9.48. The number of hydrogen-bond donors (Lipinski definition) is 0. The van der Waals surface area contributed by atoms with Crippen molar-refractivity contribution < 1.29 is 19.2 Å². The molecule has 3 heterocycles. The molecule has 34 heavy (non-hydrogen) atoms. The van der Waals surface area contributed by atoms with Crippen LogP contribution < -0.4 is 0 Å². The van der Waals surface area contributed by atoms with Crippen LogP contribution in [-0.4, -0.2) is 82.7 Å². The Bertz CT molecular complexity index is 995. The van der Waals surface area contributed by atoms with Crippen LogP contribution in [0.3, 0.4) is 0 Å². The van der Waals surface area contributed by atoms with Gasteiger partial charge in [-0.25, -0.2) is 0 Å². The molecule has 2 aromatic rings. The Morgan fingerprint density at radius 1 is 0.559 bits per heavy atom. The molecule has 176 valence electrons. The molecule has 2 aromatic carbocycles. The Morgan fingerprint density at radius 3 is 1.26 bits per heavy atom. The van der Waals surface area contributed by atoms with Crippen LogP contribution in [0.4, 0.5) is 0 Å². The van der Waals surface area contributed by atoms with Crippen LogP contribution in [0.15, 0.2) is 60.7 Å². The Labute approximate surface area is 198 Å². The van der Waals surface area contributed by atoms with E-state index in [1.54, 1.807) is 0 Å². The number of likely N-dealkylation sites (tertiary alicyclic amines) is 2. The molecule has 3 saturated heterocycles. The van der Waals surface area contributed by atoms with Gasteiger partial charge in [0.05, 0.1) is 25.2 Å². The lowest BCUT2D eigenvalue weighted by molar-refractivity contribution is -0.144. The molecule has 3 fully saturated rings. The fourth-order valence-corrected chi connectivity index (χ4v) is 5.03. The summed E-state index contributed by atoms with van der Waals surface area (Å²) in [4.78, 5) is 57.8. The van der Waals surface area contributed by atoms with Gasteiger partial charge in [-0.15, -0.1) is 0 Å². The van der Waals surface area contributed by atoms with E-state index in [1.165, 1.54) is 9.80 Å². The van der Waals surface area contributed by atoms with Gasteiger partial charge in [0.25, 0.3) is 0 Å².